The average molecular weight is 278 g/mol. The van der Waals surface area contributed by atoms with Crippen LogP contribution in [0.15, 0.2) is 0 Å². The minimum Gasteiger partial charge on any atom is -0.313 e. The zero-order valence-corrected chi connectivity index (χ0v) is 13.8. The van der Waals surface area contributed by atoms with Gasteiger partial charge in [-0.1, -0.05) is 26.7 Å². The smallest absolute Gasteiger partial charge is 0.00702 e. The largest absolute Gasteiger partial charge is 0.313 e. The minimum absolute atomic E-state index is 0.568. The van der Waals surface area contributed by atoms with E-state index < -0.39 is 0 Å². The molecule has 2 nitrogen and oxygen atoms in total. The van der Waals surface area contributed by atoms with Gasteiger partial charge >= 0.3 is 0 Å². The molecule has 0 bridgehead atoms. The zero-order valence-electron chi connectivity index (χ0n) is 13.8. The van der Waals surface area contributed by atoms with Crippen molar-refractivity contribution in [2.75, 3.05) is 19.6 Å². The Balaban J connectivity index is 1.64. The maximum atomic E-state index is 3.86. The summed E-state index contributed by atoms with van der Waals surface area (Å²) in [4.78, 5) is 2.80. The molecule has 3 aliphatic rings. The van der Waals surface area contributed by atoms with Gasteiger partial charge in [0.2, 0.25) is 0 Å². The third-order valence-electron chi connectivity index (χ3n) is 5.98. The van der Waals surface area contributed by atoms with Crippen molar-refractivity contribution in [1.29, 1.82) is 0 Å². The molecule has 1 N–H and O–H groups in total. The van der Waals surface area contributed by atoms with Gasteiger partial charge in [0, 0.05) is 31.7 Å². The average Bonchev–Trinajstić information content (AvgIpc) is 3.15. The van der Waals surface area contributed by atoms with Crippen molar-refractivity contribution < 1.29 is 0 Å². The predicted octanol–water partition coefficient (Wildman–Crippen LogP) is 3.67. The number of hydrogen-bond acceptors (Lipinski definition) is 2. The Morgan fingerprint density at radius 3 is 2.50 bits per heavy atom. The quantitative estimate of drug-likeness (QED) is 0.825. The Labute approximate surface area is 125 Å². The molecule has 1 aliphatic heterocycles. The SMILES string of the molecule is CC1CC(C)N(CC2(CNC3CC3)CCCC(C)C2)C1. The van der Waals surface area contributed by atoms with Crippen LogP contribution in [0, 0.1) is 17.3 Å². The topological polar surface area (TPSA) is 15.3 Å². The lowest BCUT2D eigenvalue weighted by atomic mass is 9.69. The van der Waals surface area contributed by atoms with Crippen molar-refractivity contribution in [2.24, 2.45) is 17.3 Å². The van der Waals surface area contributed by atoms with E-state index in [0.717, 1.165) is 23.9 Å². The summed E-state index contributed by atoms with van der Waals surface area (Å²) in [6, 6.07) is 1.67. The van der Waals surface area contributed by atoms with Crippen LogP contribution in [-0.4, -0.2) is 36.6 Å². The van der Waals surface area contributed by atoms with Crippen LogP contribution >= 0.6 is 0 Å². The van der Waals surface area contributed by atoms with E-state index in [-0.39, 0.29) is 0 Å². The molecule has 116 valence electrons. The molecule has 4 atom stereocenters. The molecule has 4 unspecified atom stereocenters. The molecule has 2 aliphatic carbocycles. The first-order valence-corrected chi connectivity index (χ1v) is 9.04. The van der Waals surface area contributed by atoms with E-state index in [1.54, 1.807) is 0 Å². The van der Waals surface area contributed by atoms with Crippen LogP contribution in [0.4, 0.5) is 0 Å². The Morgan fingerprint density at radius 1 is 1.10 bits per heavy atom. The fourth-order valence-corrected chi connectivity index (χ4v) is 4.81. The maximum Gasteiger partial charge on any atom is 0.00702 e. The van der Waals surface area contributed by atoms with Gasteiger partial charge < -0.3 is 5.32 Å². The Morgan fingerprint density at radius 2 is 1.90 bits per heavy atom. The maximum absolute atomic E-state index is 3.86. The monoisotopic (exact) mass is 278 g/mol. The predicted molar refractivity (Wildman–Crippen MR) is 85.9 cm³/mol. The number of likely N-dealkylation sites (tertiary alicyclic amines) is 1. The first kappa shape index (κ1) is 14.8. The van der Waals surface area contributed by atoms with Crippen LogP contribution in [0.1, 0.15) is 65.7 Å². The molecule has 0 aromatic rings. The molecule has 3 fully saturated rings. The second-order valence-corrected chi connectivity index (χ2v) is 8.48. The van der Waals surface area contributed by atoms with E-state index in [1.807, 2.05) is 0 Å². The number of hydrogen-bond donors (Lipinski definition) is 1. The van der Waals surface area contributed by atoms with E-state index in [0.29, 0.717) is 5.41 Å². The second-order valence-electron chi connectivity index (χ2n) is 8.48. The lowest BCUT2D eigenvalue weighted by molar-refractivity contribution is 0.0756. The van der Waals surface area contributed by atoms with E-state index in [9.17, 15) is 0 Å². The molecule has 1 saturated heterocycles. The van der Waals surface area contributed by atoms with Crippen LogP contribution in [0.25, 0.3) is 0 Å². The van der Waals surface area contributed by atoms with Gasteiger partial charge in [-0.2, -0.15) is 0 Å². The van der Waals surface area contributed by atoms with E-state index in [1.165, 1.54) is 64.6 Å². The van der Waals surface area contributed by atoms with Gasteiger partial charge in [0.1, 0.15) is 0 Å². The molecular weight excluding hydrogens is 244 g/mol. The highest BCUT2D eigenvalue weighted by Gasteiger charge is 2.40. The van der Waals surface area contributed by atoms with Crippen LogP contribution in [-0.2, 0) is 0 Å². The van der Waals surface area contributed by atoms with Crippen molar-refractivity contribution in [3.05, 3.63) is 0 Å². The highest BCUT2D eigenvalue weighted by atomic mass is 15.2. The molecular formula is C18H34N2. The summed E-state index contributed by atoms with van der Waals surface area (Å²) in [5, 5.41) is 3.86. The lowest BCUT2D eigenvalue weighted by Crippen LogP contribution is -2.48. The highest BCUT2D eigenvalue weighted by Crippen LogP contribution is 2.41. The molecule has 3 rings (SSSR count). The van der Waals surface area contributed by atoms with Gasteiger partial charge in [0.25, 0.3) is 0 Å². The summed E-state index contributed by atoms with van der Waals surface area (Å²) < 4.78 is 0. The minimum atomic E-state index is 0.568. The fourth-order valence-electron chi connectivity index (χ4n) is 4.81. The van der Waals surface area contributed by atoms with Crippen LogP contribution in [0.2, 0.25) is 0 Å². The normalized spacial score (nSPS) is 43.0. The van der Waals surface area contributed by atoms with Crippen molar-refractivity contribution in [3.63, 3.8) is 0 Å². The Kier molecular flexibility index (Phi) is 4.42. The van der Waals surface area contributed by atoms with Crippen molar-refractivity contribution in [2.45, 2.75) is 77.8 Å². The molecule has 0 aromatic heterocycles. The van der Waals surface area contributed by atoms with E-state index in [4.69, 9.17) is 0 Å². The molecule has 0 aromatic carbocycles. The van der Waals surface area contributed by atoms with Crippen molar-refractivity contribution in [3.8, 4) is 0 Å². The van der Waals surface area contributed by atoms with Gasteiger partial charge in [0.15, 0.2) is 0 Å². The first-order valence-electron chi connectivity index (χ1n) is 9.04. The van der Waals surface area contributed by atoms with Gasteiger partial charge in [-0.25, -0.2) is 0 Å². The summed E-state index contributed by atoms with van der Waals surface area (Å²) in [7, 11) is 0. The Bertz CT molecular complexity index is 325. The number of nitrogens with one attached hydrogen (secondary N) is 1. The molecule has 2 saturated carbocycles. The summed E-state index contributed by atoms with van der Waals surface area (Å²) >= 11 is 0. The van der Waals surface area contributed by atoms with Crippen molar-refractivity contribution >= 4 is 0 Å². The number of rotatable bonds is 5. The molecule has 2 heteroatoms. The summed E-state index contributed by atoms with van der Waals surface area (Å²) in [5.41, 5.74) is 0.568. The summed E-state index contributed by atoms with van der Waals surface area (Å²) in [6.07, 6.45) is 10.1. The molecule has 20 heavy (non-hydrogen) atoms. The van der Waals surface area contributed by atoms with E-state index in [2.05, 4.69) is 31.0 Å². The van der Waals surface area contributed by atoms with Gasteiger partial charge in [-0.3, -0.25) is 4.90 Å². The van der Waals surface area contributed by atoms with Gasteiger partial charge in [-0.05, 0) is 56.3 Å². The Hall–Kier alpha value is -0.0800. The lowest BCUT2D eigenvalue weighted by Gasteiger charge is -2.44. The summed E-state index contributed by atoms with van der Waals surface area (Å²) in [6.45, 7) is 11.3. The van der Waals surface area contributed by atoms with Crippen LogP contribution in [0.5, 0.6) is 0 Å². The number of nitrogens with zero attached hydrogens (tertiary/aromatic N) is 1. The molecule has 0 spiro atoms. The van der Waals surface area contributed by atoms with E-state index >= 15 is 0 Å². The second kappa shape index (κ2) is 5.96. The standard InChI is InChI=1S/C18H34N2/c1-14-5-4-8-18(10-14,12-19-17-6-7-17)13-20-11-15(2)9-16(20)3/h14-17,19H,4-13H2,1-3H3. The van der Waals surface area contributed by atoms with Crippen LogP contribution in [0.3, 0.4) is 0 Å². The molecule has 0 amide bonds. The van der Waals surface area contributed by atoms with Crippen molar-refractivity contribution in [1.82, 2.24) is 10.2 Å². The molecule has 0 radical (unpaired) electrons. The zero-order chi connectivity index (χ0) is 14.2. The third kappa shape index (κ3) is 3.57. The van der Waals surface area contributed by atoms with Crippen LogP contribution < -0.4 is 5.32 Å². The highest BCUT2D eigenvalue weighted by molar-refractivity contribution is 4.95. The molecule has 1 heterocycles. The third-order valence-corrected chi connectivity index (χ3v) is 5.98. The summed E-state index contributed by atoms with van der Waals surface area (Å²) in [5.74, 6) is 1.83. The van der Waals surface area contributed by atoms with Gasteiger partial charge in [-0.15, -0.1) is 0 Å². The fraction of sp³-hybridized carbons (Fsp3) is 1.00. The van der Waals surface area contributed by atoms with Gasteiger partial charge in [0.05, 0.1) is 0 Å². The first-order chi connectivity index (χ1) is 9.56.